The van der Waals surface area contributed by atoms with Crippen LogP contribution >= 0.6 is 0 Å². The first-order valence-corrected chi connectivity index (χ1v) is 5.56. The van der Waals surface area contributed by atoms with Crippen molar-refractivity contribution in [3.63, 3.8) is 0 Å². The molecule has 0 unspecified atom stereocenters. The van der Waals surface area contributed by atoms with Crippen LogP contribution in [0.25, 0.3) is 0 Å². The lowest BCUT2D eigenvalue weighted by molar-refractivity contribution is 0.246. The molecule has 2 nitrogen and oxygen atoms in total. The zero-order valence-corrected chi connectivity index (χ0v) is 8.45. The van der Waals surface area contributed by atoms with Gasteiger partial charge in [-0.3, -0.25) is 0 Å². The third-order valence-corrected chi connectivity index (χ3v) is 3.40. The molecule has 2 aliphatic carbocycles. The summed E-state index contributed by atoms with van der Waals surface area (Å²) in [6, 6.07) is 0. The van der Waals surface area contributed by atoms with Gasteiger partial charge in [0, 0.05) is 12.5 Å². The van der Waals surface area contributed by atoms with Crippen LogP contribution in [0.4, 0.5) is 0 Å². The summed E-state index contributed by atoms with van der Waals surface area (Å²) >= 11 is 0. The highest BCUT2D eigenvalue weighted by atomic mass is 16.3. The van der Waals surface area contributed by atoms with Gasteiger partial charge in [0.2, 0.25) is 0 Å². The quantitative estimate of drug-likeness (QED) is 0.671. The van der Waals surface area contributed by atoms with Crippen LogP contribution in [0.1, 0.15) is 38.5 Å². The largest absolute Gasteiger partial charge is 0.512 e. The van der Waals surface area contributed by atoms with Crippen molar-refractivity contribution in [2.24, 2.45) is 11.8 Å². The van der Waals surface area contributed by atoms with E-state index in [1.54, 1.807) is 0 Å². The molecule has 0 aromatic heterocycles. The molecule has 2 N–H and O–H groups in total. The minimum absolute atomic E-state index is 0.240. The first kappa shape index (κ1) is 9.63. The molecule has 78 valence electrons. The van der Waals surface area contributed by atoms with E-state index in [4.69, 9.17) is 0 Å². The van der Waals surface area contributed by atoms with Crippen molar-refractivity contribution >= 4 is 0 Å². The SMILES string of the molecule is OC1=C[C@@H](C2CCCCC2)CC(O)=C1. The van der Waals surface area contributed by atoms with Gasteiger partial charge in [0.25, 0.3) is 0 Å². The molecule has 0 aromatic carbocycles. The van der Waals surface area contributed by atoms with Crippen LogP contribution in [0.5, 0.6) is 0 Å². The Labute approximate surface area is 85.0 Å². The molecule has 1 fully saturated rings. The molecule has 0 amide bonds. The number of rotatable bonds is 1. The zero-order valence-electron chi connectivity index (χ0n) is 8.45. The molecule has 0 aromatic rings. The molecule has 2 rings (SSSR count). The Bertz CT molecular complexity index is 259. The van der Waals surface area contributed by atoms with Gasteiger partial charge in [-0.1, -0.05) is 19.3 Å². The fraction of sp³-hybridized carbons (Fsp3) is 0.667. The van der Waals surface area contributed by atoms with E-state index in [9.17, 15) is 10.2 Å². The Balaban J connectivity index is 2.01. The number of hydrogen-bond acceptors (Lipinski definition) is 2. The highest BCUT2D eigenvalue weighted by Gasteiger charge is 2.25. The third-order valence-electron chi connectivity index (χ3n) is 3.40. The molecular formula is C12H18O2. The van der Waals surface area contributed by atoms with E-state index in [0.717, 1.165) is 0 Å². The highest BCUT2D eigenvalue weighted by molar-refractivity contribution is 5.21. The maximum absolute atomic E-state index is 9.44. The van der Waals surface area contributed by atoms with E-state index < -0.39 is 0 Å². The predicted octanol–water partition coefficient (Wildman–Crippen LogP) is 3.47. The highest BCUT2D eigenvalue weighted by Crippen LogP contribution is 2.35. The molecule has 0 saturated heterocycles. The predicted molar refractivity (Wildman–Crippen MR) is 56.1 cm³/mol. The van der Waals surface area contributed by atoms with Gasteiger partial charge in [-0.05, 0) is 30.8 Å². The van der Waals surface area contributed by atoms with Crippen LogP contribution in [-0.4, -0.2) is 10.2 Å². The van der Waals surface area contributed by atoms with Gasteiger partial charge in [0.1, 0.15) is 5.76 Å². The Hall–Kier alpha value is -0.920. The fourth-order valence-electron chi connectivity index (χ4n) is 2.66. The molecule has 1 atom stereocenters. The van der Waals surface area contributed by atoms with Crippen molar-refractivity contribution in [2.45, 2.75) is 38.5 Å². The van der Waals surface area contributed by atoms with E-state index in [1.807, 2.05) is 6.08 Å². The average Bonchev–Trinajstić information content (AvgIpc) is 2.18. The Kier molecular flexibility index (Phi) is 2.80. The van der Waals surface area contributed by atoms with E-state index in [1.165, 1.54) is 38.2 Å². The Morgan fingerprint density at radius 2 is 1.79 bits per heavy atom. The second-order valence-corrected chi connectivity index (χ2v) is 4.49. The lowest BCUT2D eigenvalue weighted by Gasteiger charge is -2.29. The zero-order chi connectivity index (χ0) is 9.97. The molecule has 0 aliphatic heterocycles. The molecule has 0 bridgehead atoms. The molecule has 14 heavy (non-hydrogen) atoms. The Morgan fingerprint density at radius 1 is 1.07 bits per heavy atom. The fourth-order valence-corrected chi connectivity index (χ4v) is 2.66. The average molecular weight is 194 g/mol. The minimum atomic E-state index is 0.240. The number of allylic oxidation sites excluding steroid dienone is 3. The molecular weight excluding hydrogens is 176 g/mol. The summed E-state index contributed by atoms with van der Waals surface area (Å²) in [5.41, 5.74) is 0. The summed E-state index contributed by atoms with van der Waals surface area (Å²) in [6.45, 7) is 0. The molecule has 2 aliphatic rings. The van der Waals surface area contributed by atoms with E-state index in [2.05, 4.69) is 0 Å². The van der Waals surface area contributed by atoms with Crippen molar-refractivity contribution in [1.82, 2.24) is 0 Å². The summed E-state index contributed by atoms with van der Waals surface area (Å²) in [5.74, 6) is 1.60. The smallest absolute Gasteiger partial charge is 0.115 e. The third kappa shape index (κ3) is 2.11. The van der Waals surface area contributed by atoms with Gasteiger partial charge >= 0.3 is 0 Å². The van der Waals surface area contributed by atoms with Gasteiger partial charge in [-0.25, -0.2) is 0 Å². The maximum Gasteiger partial charge on any atom is 0.115 e. The normalized spacial score (nSPS) is 29.6. The van der Waals surface area contributed by atoms with Crippen molar-refractivity contribution in [3.8, 4) is 0 Å². The van der Waals surface area contributed by atoms with Gasteiger partial charge in [-0.15, -0.1) is 0 Å². The van der Waals surface area contributed by atoms with Gasteiger partial charge in [0.15, 0.2) is 0 Å². The van der Waals surface area contributed by atoms with E-state index in [0.29, 0.717) is 24.0 Å². The van der Waals surface area contributed by atoms with Crippen molar-refractivity contribution in [1.29, 1.82) is 0 Å². The van der Waals surface area contributed by atoms with Crippen LogP contribution in [-0.2, 0) is 0 Å². The summed E-state index contributed by atoms with van der Waals surface area (Å²) < 4.78 is 0. The standard InChI is InChI=1S/C12H18O2/c13-11-6-10(7-12(14)8-11)9-4-2-1-3-5-9/h6,8-10,13-14H,1-5,7H2/t10-/m1/s1. The second-order valence-electron chi connectivity index (χ2n) is 4.49. The molecule has 0 heterocycles. The number of hydrogen-bond donors (Lipinski definition) is 2. The van der Waals surface area contributed by atoms with Crippen LogP contribution < -0.4 is 0 Å². The number of aliphatic hydroxyl groups is 2. The van der Waals surface area contributed by atoms with E-state index >= 15 is 0 Å². The van der Waals surface area contributed by atoms with Crippen LogP contribution in [0, 0.1) is 11.8 Å². The van der Waals surface area contributed by atoms with Gasteiger partial charge < -0.3 is 10.2 Å². The lowest BCUT2D eigenvalue weighted by atomic mass is 9.77. The molecule has 2 heteroatoms. The number of aliphatic hydroxyl groups excluding tert-OH is 2. The van der Waals surface area contributed by atoms with Crippen molar-refractivity contribution < 1.29 is 10.2 Å². The van der Waals surface area contributed by atoms with Gasteiger partial charge in [-0.2, -0.15) is 0 Å². The summed E-state index contributed by atoms with van der Waals surface area (Å²) in [6.07, 6.45) is 10.6. The van der Waals surface area contributed by atoms with Crippen LogP contribution in [0.15, 0.2) is 23.7 Å². The van der Waals surface area contributed by atoms with Crippen molar-refractivity contribution in [3.05, 3.63) is 23.7 Å². The summed E-state index contributed by atoms with van der Waals surface area (Å²) in [4.78, 5) is 0. The summed E-state index contributed by atoms with van der Waals surface area (Å²) in [7, 11) is 0. The van der Waals surface area contributed by atoms with Crippen LogP contribution in [0.2, 0.25) is 0 Å². The first-order chi connectivity index (χ1) is 6.75. The first-order valence-electron chi connectivity index (χ1n) is 5.56. The topological polar surface area (TPSA) is 40.5 Å². The molecule has 0 spiro atoms. The summed E-state index contributed by atoms with van der Waals surface area (Å²) in [5, 5.41) is 18.8. The lowest BCUT2D eigenvalue weighted by Crippen LogP contribution is -2.19. The molecule has 0 radical (unpaired) electrons. The minimum Gasteiger partial charge on any atom is -0.512 e. The maximum atomic E-state index is 9.44. The van der Waals surface area contributed by atoms with Gasteiger partial charge in [0.05, 0.1) is 5.76 Å². The monoisotopic (exact) mass is 194 g/mol. The Morgan fingerprint density at radius 3 is 2.43 bits per heavy atom. The second kappa shape index (κ2) is 4.07. The van der Waals surface area contributed by atoms with Crippen molar-refractivity contribution in [2.75, 3.05) is 0 Å². The molecule has 1 saturated carbocycles. The van der Waals surface area contributed by atoms with Crippen LogP contribution in [0.3, 0.4) is 0 Å². The van der Waals surface area contributed by atoms with E-state index in [-0.39, 0.29) is 5.76 Å².